The van der Waals surface area contributed by atoms with Crippen LogP contribution in [0.2, 0.25) is 0 Å². The second-order valence-corrected chi connectivity index (χ2v) is 3.31. The maximum atomic E-state index is 10.7. The van der Waals surface area contributed by atoms with Gasteiger partial charge in [0.15, 0.2) is 12.4 Å². The number of amides is 1. The number of aldehydes is 1. The molecule has 0 saturated heterocycles. The topological polar surface area (TPSA) is 165 Å². The van der Waals surface area contributed by atoms with Gasteiger partial charge in [0.05, 0.1) is 18.8 Å². The molecular formula is C8H14N4O6. The summed E-state index contributed by atoms with van der Waals surface area (Å²) in [6.45, 7) is 0.328. The van der Waals surface area contributed by atoms with Crippen molar-refractivity contribution in [2.45, 2.75) is 31.3 Å². The monoisotopic (exact) mass is 262 g/mol. The summed E-state index contributed by atoms with van der Waals surface area (Å²) in [5.74, 6) is -0.614. The Kier molecular flexibility index (Phi) is 7.59. The Balaban J connectivity index is 4.79. The molecule has 0 saturated carbocycles. The molecule has 0 rings (SSSR count). The Labute approximate surface area is 102 Å². The molecule has 1 amide bonds. The van der Waals surface area contributed by atoms with Gasteiger partial charge < -0.3 is 20.1 Å². The van der Waals surface area contributed by atoms with Gasteiger partial charge in [0.25, 0.3) is 0 Å². The Hall–Kier alpha value is -1.71. The number of azide groups is 1. The molecule has 0 unspecified atom stereocenters. The summed E-state index contributed by atoms with van der Waals surface area (Å²) in [6.07, 6.45) is -4.69. The molecule has 0 bridgehead atoms. The molecule has 0 heterocycles. The van der Waals surface area contributed by atoms with Gasteiger partial charge in [-0.05, 0) is 5.53 Å². The van der Waals surface area contributed by atoms with E-state index in [0.29, 0.717) is 0 Å². The first-order chi connectivity index (χ1) is 8.47. The summed E-state index contributed by atoms with van der Waals surface area (Å²) >= 11 is 0. The molecule has 102 valence electrons. The first-order valence-corrected chi connectivity index (χ1v) is 4.86. The van der Waals surface area contributed by atoms with Crippen molar-refractivity contribution in [3.8, 4) is 0 Å². The quantitative estimate of drug-likeness (QED) is 0.130. The lowest BCUT2D eigenvalue weighted by atomic mass is 10.0. The highest BCUT2D eigenvalue weighted by atomic mass is 16.7. The van der Waals surface area contributed by atoms with E-state index in [9.17, 15) is 19.8 Å². The molecule has 0 aliphatic heterocycles. The van der Waals surface area contributed by atoms with Gasteiger partial charge in [-0.3, -0.25) is 9.63 Å². The fourth-order valence-electron chi connectivity index (χ4n) is 1.06. The first-order valence-electron chi connectivity index (χ1n) is 4.86. The minimum absolute atomic E-state index is 0.157. The molecule has 10 heteroatoms. The predicted octanol–water partition coefficient (Wildman–Crippen LogP) is -1.99. The van der Waals surface area contributed by atoms with E-state index in [2.05, 4.69) is 14.9 Å². The van der Waals surface area contributed by atoms with E-state index in [0.717, 1.165) is 6.92 Å². The van der Waals surface area contributed by atoms with Crippen molar-refractivity contribution in [2.75, 3.05) is 6.61 Å². The van der Waals surface area contributed by atoms with E-state index in [1.54, 1.807) is 0 Å². The van der Waals surface area contributed by atoms with Crippen LogP contribution in [0.25, 0.3) is 10.4 Å². The maximum Gasteiger partial charge on any atom is 0.240 e. The number of hydrogen-bond acceptors (Lipinski definition) is 7. The van der Waals surface area contributed by atoms with Crippen LogP contribution in [0.1, 0.15) is 6.92 Å². The van der Waals surface area contributed by atoms with Crippen molar-refractivity contribution in [1.82, 2.24) is 5.48 Å². The average molecular weight is 262 g/mol. The lowest BCUT2D eigenvalue weighted by Crippen LogP contribution is -2.48. The van der Waals surface area contributed by atoms with Gasteiger partial charge in [-0.2, -0.15) is 0 Å². The van der Waals surface area contributed by atoms with Crippen LogP contribution in [0.5, 0.6) is 0 Å². The molecule has 0 aromatic rings. The summed E-state index contributed by atoms with van der Waals surface area (Å²) in [6, 6.07) is -1.50. The third kappa shape index (κ3) is 5.08. The number of hydrogen-bond donors (Lipinski definition) is 4. The minimum Gasteiger partial charge on any atom is -0.394 e. The van der Waals surface area contributed by atoms with Gasteiger partial charge in [-0.15, -0.1) is 0 Å². The van der Waals surface area contributed by atoms with E-state index >= 15 is 0 Å². The molecule has 4 N–H and O–H groups in total. The lowest BCUT2D eigenvalue weighted by Gasteiger charge is -2.25. The van der Waals surface area contributed by atoms with Crippen molar-refractivity contribution in [2.24, 2.45) is 5.11 Å². The van der Waals surface area contributed by atoms with E-state index in [-0.39, 0.29) is 6.29 Å². The number of nitrogens with one attached hydrogen (secondary N) is 1. The van der Waals surface area contributed by atoms with Crippen LogP contribution in [-0.4, -0.2) is 58.5 Å². The van der Waals surface area contributed by atoms with E-state index in [4.69, 9.17) is 10.6 Å². The highest BCUT2D eigenvalue weighted by molar-refractivity contribution is 5.71. The van der Waals surface area contributed by atoms with Crippen molar-refractivity contribution in [1.29, 1.82) is 0 Å². The van der Waals surface area contributed by atoms with Crippen molar-refractivity contribution >= 4 is 12.2 Å². The molecule has 18 heavy (non-hydrogen) atoms. The molecular weight excluding hydrogens is 248 g/mol. The molecule has 0 radical (unpaired) electrons. The Morgan fingerprint density at radius 1 is 1.61 bits per heavy atom. The van der Waals surface area contributed by atoms with Crippen LogP contribution >= 0.6 is 0 Å². The van der Waals surface area contributed by atoms with Gasteiger partial charge in [0.1, 0.15) is 6.10 Å². The Morgan fingerprint density at radius 2 is 2.22 bits per heavy atom. The molecule has 0 aromatic heterocycles. The van der Waals surface area contributed by atoms with Crippen LogP contribution in [0, 0.1) is 0 Å². The smallest absolute Gasteiger partial charge is 0.240 e. The van der Waals surface area contributed by atoms with Crippen LogP contribution < -0.4 is 5.48 Å². The van der Waals surface area contributed by atoms with Gasteiger partial charge in [0, 0.05) is 11.8 Å². The summed E-state index contributed by atoms with van der Waals surface area (Å²) in [4.78, 5) is 28.1. The number of aliphatic hydroxyl groups is 3. The summed E-state index contributed by atoms with van der Waals surface area (Å²) in [5, 5.41) is 30.7. The third-order valence-electron chi connectivity index (χ3n) is 1.93. The minimum atomic E-state index is -1.73. The van der Waals surface area contributed by atoms with Crippen LogP contribution in [0.3, 0.4) is 0 Å². The number of hydroxylamine groups is 1. The zero-order chi connectivity index (χ0) is 14.1. The van der Waals surface area contributed by atoms with E-state index in [1.165, 1.54) is 0 Å². The van der Waals surface area contributed by atoms with E-state index in [1.807, 2.05) is 5.48 Å². The fourth-order valence-corrected chi connectivity index (χ4v) is 1.06. The fraction of sp³-hybridized carbons (Fsp3) is 0.750. The van der Waals surface area contributed by atoms with Crippen molar-refractivity contribution < 1.29 is 29.7 Å². The van der Waals surface area contributed by atoms with Gasteiger partial charge in [0.2, 0.25) is 5.91 Å². The van der Waals surface area contributed by atoms with Gasteiger partial charge >= 0.3 is 0 Å². The van der Waals surface area contributed by atoms with Crippen molar-refractivity contribution in [3.63, 3.8) is 0 Å². The Morgan fingerprint density at radius 3 is 2.61 bits per heavy atom. The number of carbonyl (C=O) groups excluding carboxylic acids is 2. The highest BCUT2D eigenvalue weighted by Gasteiger charge is 2.33. The van der Waals surface area contributed by atoms with E-state index < -0.39 is 36.9 Å². The lowest BCUT2D eigenvalue weighted by molar-refractivity contribution is -0.152. The molecule has 0 spiro atoms. The third-order valence-corrected chi connectivity index (χ3v) is 1.93. The second kappa shape index (κ2) is 8.39. The molecule has 0 aromatic carbocycles. The van der Waals surface area contributed by atoms with Gasteiger partial charge in [-0.1, -0.05) is 5.11 Å². The summed E-state index contributed by atoms with van der Waals surface area (Å²) in [5.41, 5.74) is 10.1. The number of carbonyl (C=O) groups is 2. The van der Waals surface area contributed by atoms with Crippen LogP contribution in [0.15, 0.2) is 5.11 Å². The SMILES string of the molecule is CC(=O)NO[C@@H](C=O)[C@@H](O)[C@@H](N=[N+]=[N-])[C@H](O)CO. The number of nitrogens with zero attached hydrogens (tertiary/aromatic N) is 3. The van der Waals surface area contributed by atoms with Crippen LogP contribution in [0.4, 0.5) is 0 Å². The van der Waals surface area contributed by atoms with Crippen LogP contribution in [-0.2, 0) is 14.4 Å². The summed E-state index contributed by atoms with van der Waals surface area (Å²) < 4.78 is 0. The largest absolute Gasteiger partial charge is 0.394 e. The summed E-state index contributed by atoms with van der Waals surface area (Å²) in [7, 11) is 0. The average Bonchev–Trinajstić information content (AvgIpc) is 2.35. The zero-order valence-electron chi connectivity index (χ0n) is 9.50. The molecule has 0 fully saturated rings. The second-order valence-electron chi connectivity index (χ2n) is 3.31. The molecule has 0 aliphatic rings. The molecule has 0 aliphatic carbocycles. The number of aliphatic hydroxyl groups excluding tert-OH is 3. The zero-order valence-corrected chi connectivity index (χ0v) is 9.50. The molecule has 10 nitrogen and oxygen atoms in total. The highest BCUT2D eigenvalue weighted by Crippen LogP contribution is 2.10. The maximum absolute atomic E-state index is 10.7. The van der Waals surface area contributed by atoms with Gasteiger partial charge in [-0.25, -0.2) is 5.48 Å². The van der Waals surface area contributed by atoms with Crippen molar-refractivity contribution in [3.05, 3.63) is 10.4 Å². The number of rotatable bonds is 8. The standard InChI is InChI=1S/C8H14N4O6/c1-4(15)11-18-6(3-14)8(17)7(10-12-9)5(16)2-13/h3,5-8,13,16-17H,2H2,1H3,(H,11,15)/t5-,6+,7+,8-/m1/s1. The predicted molar refractivity (Wildman–Crippen MR) is 56.8 cm³/mol. The Bertz CT molecular complexity index is 332. The molecule has 4 atom stereocenters. The first kappa shape index (κ1) is 16.3. The normalized spacial score (nSPS) is 16.9.